The van der Waals surface area contributed by atoms with Gasteiger partial charge in [0.1, 0.15) is 12.4 Å². The zero-order valence-electron chi connectivity index (χ0n) is 10.8. The molecule has 1 rings (SSSR count). The number of rotatable bonds is 9. The van der Waals surface area contributed by atoms with Gasteiger partial charge in [-0.1, -0.05) is 17.7 Å². The second kappa shape index (κ2) is 9.02. The summed E-state index contributed by atoms with van der Waals surface area (Å²) in [5.74, 6) is 0.901. The number of unbranched alkanes of at least 4 members (excludes halogenated alkanes) is 1. The fourth-order valence-electron chi connectivity index (χ4n) is 1.41. The van der Waals surface area contributed by atoms with E-state index in [1.54, 1.807) is 7.11 Å². The van der Waals surface area contributed by atoms with E-state index < -0.39 is 0 Å². The van der Waals surface area contributed by atoms with E-state index in [-0.39, 0.29) is 0 Å². The summed E-state index contributed by atoms with van der Waals surface area (Å²) in [6.07, 6.45) is 2.09. The number of hydrogen-bond acceptors (Lipinski definition) is 3. The van der Waals surface area contributed by atoms with Gasteiger partial charge in [-0.2, -0.15) is 0 Å². The Kier molecular flexibility index (Phi) is 7.43. The molecule has 1 aromatic rings. The standard InChI is InChI=1S/C14H22O3/c1-13-5-7-14(8-6-13)17-12-11-16-10-4-3-9-15-2/h5-8H,3-4,9-12H2,1-2H3. The van der Waals surface area contributed by atoms with E-state index in [0.717, 1.165) is 31.8 Å². The molecule has 17 heavy (non-hydrogen) atoms. The largest absolute Gasteiger partial charge is 0.491 e. The molecule has 0 bridgehead atoms. The van der Waals surface area contributed by atoms with Crippen molar-refractivity contribution in [3.8, 4) is 5.75 Å². The SMILES string of the molecule is COCCCCOCCOc1ccc(C)cc1. The van der Waals surface area contributed by atoms with Crippen molar-refractivity contribution in [2.75, 3.05) is 33.5 Å². The molecule has 1 aromatic carbocycles. The van der Waals surface area contributed by atoms with Gasteiger partial charge in [0, 0.05) is 20.3 Å². The van der Waals surface area contributed by atoms with Crippen LogP contribution in [-0.4, -0.2) is 33.5 Å². The Bertz CT molecular complexity index is 282. The van der Waals surface area contributed by atoms with Gasteiger partial charge >= 0.3 is 0 Å². The lowest BCUT2D eigenvalue weighted by Crippen LogP contribution is -2.07. The summed E-state index contributed by atoms with van der Waals surface area (Å²) >= 11 is 0. The molecule has 0 spiro atoms. The fraction of sp³-hybridized carbons (Fsp3) is 0.571. The summed E-state index contributed by atoms with van der Waals surface area (Å²) in [7, 11) is 1.72. The van der Waals surface area contributed by atoms with Gasteiger partial charge < -0.3 is 14.2 Å². The van der Waals surface area contributed by atoms with Crippen LogP contribution in [0.2, 0.25) is 0 Å². The van der Waals surface area contributed by atoms with Gasteiger partial charge in [0.2, 0.25) is 0 Å². The Labute approximate surface area is 104 Å². The summed E-state index contributed by atoms with van der Waals surface area (Å²) in [5, 5.41) is 0. The molecule has 0 radical (unpaired) electrons. The Hall–Kier alpha value is -1.06. The summed E-state index contributed by atoms with van der Waals surface area (Å²) in [6.45, 7) is 4.89. The lowest BCUT2D eigenvalue weighted by atomic mass is 10.2. The van der Waals surface area contributed by atoms with Crippen LogP contribution in [0.4, 0.5) is 0 Å². The Morgan fingerprint density at radius 1 is 0.882 bits per heavy atom. The molecule has 0 heterocycles. The van der Waals surface area contributed by atoms with E-state index in [1.807, 2.05) is 24.3 Å². The van der Waals surface area contributed by atoms with Gasteiger partial charge in [0.25, 0.3) is 0 Å². The number of ether oxygens (including phenoxy) is 3. The van der Waals surface area contributed by atoms with E-state index in [9.17, 15) is 0 Å². The summed E-state index contributed by atoms with van der Waals surface area (Å²) in [6, 6.07) is 8.05. The quantitative estimate of drug-likeness (QED) is 0.619. The molecule has 0 aromatic heterocycles. The maximum absolute atomic E-state index is 5.54. The molecular formula is C14H22O3. The predicted molar refractivity (Wildman–Crippen MR) is 68.6 cm³/mol. The smallest absolute Gasteiger partial charge is 0.119 e. The number of benzene rings is 1. The molecule has 0 saturated heterocycles. The third-order valence-electron chi connectivity index (χ3n) is 2.40. The first-order valence-electron chi connectivity index (χ1n) is 6.09. The molecule has 0 fully saturated rings. The molecule has 3 heteroatoms. The molecule has 0 atom stereocenters. The number of hydrogen-bond donors (Lipinski definition) is 0. The van der Waals surface area contributed by atoms with Crippen LogP contribution >= 0.6 is 0 Å². The molecule has 0 aliphatic rings. The van der Waals surface area contributed by atoms with E-state index in [1.165, 1.54) is 5.56 Å². The number of methoxy groups -OCH3 is 1. The van der Waals surface area contributed by atoms with Crippen molar-refractivity contribution in [2.45, 2.75) is 19.8 Å². The highest BCUT2D eigenvalue weighted by Crippen LogP contribution is 2.10. The maximum atomic E-state index is 5.54. The van der Waals surface area contributed by atoms with Gasteiger partial charge in [-0.25, -0.2) is 0 Å². The predicted octanol–water partition coefficient (Wildman–Crippen LogP) is 2.82. The third-order valence-corrected chi connectivity index (χ3v) is 2.40. The van der Waals surface area contributed by atoms with Crippen LogP contribution < -0.4 is 4.74 Å². The first-order chi connectivity index (χ1) is 8.33. The molecule has 0 unspecified atom stereocenters. The van der Waals surface area contributed by atoms with Gasteiger partial charge in [0.05, 0.1) is 6.61 Å². The Balaban J connectivity index is 1.95. The van der Waals surface area contributed by atoms with Gasteiger partial charge in [-0.05, 0) is 31.9 Å². The van der Waals surface area contributed by atoms with Crippen molar-refractivity contribution in [2.24, 2.45) is 0 Å². The van der Waals surface area contributed by atoms with Crippen molar-refractivity contribution in [1.29, 1.82) is 0 Å². The van der Waals surface area contributed by atoms with Crippen LogP contribution in [0.3, 0.4) is 0 Å². The minimum atomic E-state index is 0.605. The minimum absolute atomic E-state index is 0.605. The lowest BCUT2D eigenvalue weighted by Gasteiger charge is -2.07. The highest BCUT2D eigenvalue weighted by Gasteiger charge is 1.93. The molecule has 0 aliphatic carbocycles. The van der Waals surface area contributed by atoms with Gasteiger partial charge in [0.15, 0.2) is 0 Å². The molecule has 0 saturated carbocycles. The fourth-order valence-corrected chi connectivity index (χ4v) is 1.41. The van der Waals surface area contributed by atoms with Crippen LogP contribution in [-0.2, 0) is 9.47 Å². The average molecular weight is 238 g/mol. The minimum Gasteiger partial charge on any atom is -0.491 e. The highest BCUT2D eigenvalue weighted by molar-refractivity contribution is 5.26. The molecule has 0 aliphatic heterocycles. The van der Waals surface area contributed by atoms with E-state index in [4.69, 9.17) is 14.2 Å². The van der Waals surface area contributed by atoms with Crippen molar-refractivity contribution in [3.05, 3.63) is 29.8 Å². The van der Waals surface area contributed by atoms with Crippen LogP contribution in [0.25, 0.3) is 0 Å². The second-order valence-electron chi connectivity index (χ2n) is 3.97. The maximum Gasteiger partial charge on any atom is 0.119 e. The van der Waals surface area contributed by atoms with Crippen molar-refractivity contribution >= 4 is 0 Å². The monoisotopic (exact) mass is 238 g/mol. The molecule has 0 amide bonds. The zero-order chi connectivity index (χ0) is 12.3. The number of aryl methyl sites for hydroxylation is 1. The first-order valence-corrected chi connectivity index (χ1v) is 6.09. The average Bonchev–Trinajstić information content (AvgIpc) is 2.35. The van der Waals surface area contributed by atoms with E-state index in [0.29, 0.717) is 13.2 Å². The third kappa shape index (κ3) is 6.97. The van der Waals surface area contributed by atoms with Crippen LogP contribution in [0.1, 0.15) is 18.4 Å². The first kappa shape index (κ1) is 14.0. The second-order valence-corrected chi connectivity index (χ2v) is 3.97. The van der Waals surface area contributed by atoms with Crippen LogP contribution in [0.5, 0.6) is 5.75 Å². The van der Waals surface area contributed by atoms with Crippen LogP contribution in [0, 0.1) is 6.92 Å². The molecule has 96 valence electrons. The highest BCUT2D eigenvalue weighted by atomic mass is 16.5. The zero-order valence-corrected chi connectivity index (χ0v) is 10.8. The molecular weight excluding hydrogens is 216 g/mol. The Morgan fingerprint density at radius 2 is 1.59 bits per heavy atom. The molecule has 3 nitrogen and oxygen atoms in total. The summed E-state index contributed by atoms with van der Waals surface area (Å²) in [4.78, 5) is 0. The topological polar surface area (TPSA) is 27.7 Å². The van der Waals surface area contributed by atoms with Gasteiger partial charge in [-0.15, -0.1) is 0 Å². The normalized spacial score (nSPS) is 10.5. The van der Waals surface area contributed by atoms with Gasteiger partial charge in [-0.3, -0.25) is 0 Å². The van der Waals surface area contributed by atoms with Crippen molar-refractivity contribution in [3.63, 3.8) is 0 Å². The molecule has 0 N–H and O–H groups in total. The lowest BCUT2D eigenvalue weighted by molar-refractivity contribution is 0.0915. The van der Waals surface area contributed by atoms with Crippen LogP contribution in [0.15, 0.2) is 24.3 Å². The van der Waals surface area contributed by atoms with Crippen molar-refractivity contribution in [1.82, 2.24) is 0 Å². The Morgan fingerprint density at radius 3 is 2.29 bits per heavy atom. The summed E-state index contributed by atoms with van der Waals surface area (Å²) in [5.41, 5.74) is 1.24. The van der Waals surface area contributed by atoms with E-state index >= 15 is 0 Å². The summed E-state index contributed by atoms with van der Waals surface area (Å²) < 4.78 is 15.9. The van der Waals surface area contributed by atoms with E-state index in [2.05, 4.69) is 6.92 Å². The van der Waals surface area contributed by atoms with Crippen molar-refractivity contribution < 1.29 is 14.2 Å².